The first-order valence-corrected chi connectivity index (χ1v) is 6.61. The molecule has 3 nitrogen and oxygen atoms in total. The summed E-state index contributed by atoms with van der Waals surface area (Å²) in [5.74, 6) is 1.52. The quantitative estimate of drug-likeness (QED) is 0.899. The minimum absolute atomic E-state index is 0.710. The third kappa shape index (κ3) is 2.62. The lowest BCUT2D eigenvalue weighted by Crippen LogP contribution is -2.28. The molecule has 1 aromatic carbocycles. The highest BCUT2D eigenvalue weighted by Gasteiger charge is 2.14. The van der Waals surface area contributed by atoms with E-state index in [0.29, 0.717) is 5.89 Å². The second kappa shape index (κ2) is 5.36. The number of hydrogen-bond acceptors (Lipinski definition) is 3. The van der Waals surface area contributed by atoms with Gasteiger partial charge in [-0.05, 0) is 56.0 Å². The monoisotopic (exact) mass is 242 g/mol. The van der Waals surface area contributed by atoms with Crippen LogP contribution in [0.3, 0.4) is 0 Å². The van der Waals surface area contributed by atoms with Crippen molar-refractivity contribution in [1.29, 1.82) is 0 Å². The van der Waals surface area contributed by atoms with Crippen molar-refractivity contribution in [1.82, 2.24) is 10.3 Å². The molecule has 0 bridgehead atoms. The van der Waals surface area contributed by atoms with Crippen molar-refractivity contribution < 1.29 is 4.42 Å². The van der Waals surface area contributed by atoms with Crippen LogP contribution in [0.2, 0.25) is 0 Å². The van der Waals surface area contributed by atoms with Crippen molar-refractivity contribution in [3.05, 3.63) is 42.3 Å². The van der Waals surface area contributed by atoms with E-state index >= 15 is 0 Å². The molecule has 1 saturated heterocycles. The molecule has 0 atom stereocenters. The van der Waals surface area contributed by atoms with E-state index < -0.39 is 0 Å². The normalized spacial score (nSPS) is 16.9. The summed E-state index contributed by atoms with van der Waals surface area (Å²) in [5, 5.41) is 3.41. The first-order chi connectivity index (χ1) is 8.92. The maximum Gasteiger partial charge on any atom is 0.225 e. The van der Waals surface area contributed by atoms with Gasteiger partial charge in [-0.15, -0.1) is 0 Å². The predicted octanol–water partition coefficient (Wildman–Crippen LogP) is 2.88. The molecule has 0 saturated carbocycles. The van der Waals surface area contributed by atoms with E-state index in [1.165, 1.54) is 18.4 Å². The van der Waals surface area contributed by atoms with E-state index in [4.69, 9.17) is 4.42 Å². The molecule has 0 unspecified atom stereocenters. The topological polar surface area (TPSA) is 38.1 Å². The molecule has 0 amide bonds. The predicted molar refractivity (Wildman–Crippen MR) is 71.2 cm³/mol. The molecular formula is C15H18N2O. The molecule has 3 heteroatoms. The average molecular weight is 242 g/mol. The third-order valence-electron chi connectivity index (χ3n) is 3.59. The summed E-state index contributed by atoms with van der Waals surface area (Å²) in [4.78, 5) is 4.20. The van der Waals surface area contributed by atoms with Gasteiger partial charge in [0.05, 0.1) is 6.20 Å². The number of hydrogen-bond donors (Lipinski definition) is 1. The summed E-state index contributed by atoms with van der Waals surface area (Å²) in [6, 6.07) is 8.55. The van der Waals surface area contributed by atoms with Gasteiger partial charge in [0, 0.05) is 5.56 Å². The smallest absolute Gasteiger partial charge is 0.225 e. The number of nitrogens with one attached hydrogen (secondary N) is 1. The summed E-state index contributed by atoms with van der Waals surface area (Å²) >= 11 is 0. The standard InChI is InChI=1S/C15H18N2O/c1-2-13(10-12-4-6-16-7-5-12)11-14(3-1)15-17-8-9-18-15/h1-3,8-9,11-12,16H,4-7,10H2. The van der Waals surface area contributed by atoms with Crippen molar-refractivity contribution in [2.24, 2.45) is 5.92 Å². The van der Waals surface area contributed by atoms with Crippen LogP contribution >= 0.6 is 0 Å². The molecule has 94 valence electrons. The summed E-state index contributed by atoms with van der Waals surface area (Å²) in [7, 11) is 0. The molecular weight excluding hydrogens is 224 g/mol. The summed E-state index contributed by atoms with van der Waals surface area (Å²) in [6.45, 7) is 2.31. The third-order valence-corrected chi connectivity index (χ3v) is 3.59. The highest BCUT2D eigenvalue weighted by atomic mass is 16.3. The minimum atomic E-state index is 0.710. The van der Waals surface area contributed by atoms with E-state index in [9.17, 15) is 0 Å². The molecule has 0 radical (unpaired) electrons. The number of piperidine rings is 1. The van der Waals surface area contributed by atoms with E-state index in [0.717, 1.165) is 31.0 Å². The Balaban J connectivity index is 1.74. The lowest BCUT2D eigenvalue weighted by Gasteiger charge is -2.22. The SMILES string of the molecule is c1cc(CC2CCNCC2)cc(-c2ncco2)c1. The Kier molecular flexibility index (Phi) is 3.42. The largest absolute Gasteiger partial charge is 0.445 e. The molecule has 2 aromatic rings. The number of benzene rings is 1. The Morgan fingerprint density at radius 2 is 2.17 bits per heavy atom. The van der Waals surface area contributed by atoms with Crippen LogP contribution in [0, 0.1) is 5.92 Å². The molecule has 0 aliphatic carbocycles. The molecule has 1 fully saturated rings. The Hall–Kier alpha value is -1.61. The van der Waals surface area contributed by atoms with Crippen LogP contribution in [0.4, 0.5) is 0 Å². The van der Waals surface area contributed by atoms with Crippen LogP contribution in [-0.4, -0.2) is 18.1 Å². The van der Waals surface area contributed by atoms with Crippen LogP contribution in [0.15, 0.2) is 41.1 Å². The molecule has 1 N–H and O–H groups in total. The number of rotatable bonds is 3. The lowest BCUT2D eigenvalue weighted by atomic mass is 9.90. The van der Waals surface area contributed by atoms with Gasteiger partial charge >= 0.3 is 0 Å². The second-order valence-electron chi connectivity index (χ2n) is 4.94. The van der Waals surface area contributed by atoms with Gasteiger partial charge in [0.15, 0.2) is 0 Å². The van der Waals surface area contributed by atoms with Crippen molar-refractivity contribution >= 4 is 0 Å². The van der Waals surface area contributed by atoms with Gasteiger partial charge in [0.25, 0.3) is 0 Å². The Labute approximate surface area is 107 Å². The zero-order chi connectivity index (χ0) is 12.2. The number of aromatic nitrogens is 1. The summed E-state index contributed by atoms with van der Waals surface area (Å²) in [5.41, 5.74) is 2.46. The summed E-state index contributed by atoms with van der Waals surface area (Å²) in [6.07, 6.45) is 7.03. The first-order valence-electron chi connectivity index (χ1n) is 6.61. The zero-order valence-corrected chi connectivity index (χ0v) is 10.4. The Bertz CT molecular complexity index is 487. The van der Waals surface area contributed by atoms with Crippen molar-refractivity contribution in [3.8, 4) is 11.5 Å². The van der Waals surface area contributed by atoms with E-state index in [1.807, 2.05) is 0 Å². The fourth-order valence-electron chi connectivity index (χ4n) is 2.62. The zero-order valence-electron chi connectivity index (χ0n) is 10.4. The Morgan fingerprint density at radius 3 is 2.94 bits per heavy atom. The molecule has 2 heterocycles. The first kappa shape index (κ1) is 11.5. The minimum Gasteiger partial charge on any atom is -0.445 e. The second-order valence-corrected chi connectivity index (χ2v) is 4.94. The molecule has 1 aliphatic heterocycles. The van der Waals surface area contributed by atoms with Crippen LogP contribution in [0.1, 0.15) is 18.4 Å². The van der Waals surface area contributed by atoms with Crippen molar-refractivity contribution in [2.75, 3.05) is 13.1 Å². The van der Waals surface area contributed by atoms with E-state index in [2.05, 4.69) is 34.6 Å². The molecule has 0 spiro atoms. The maximum absolute atomic E-state index is 5.34. The van der Waals surface area contributed by atoms with Crippen LogP contribution in [0.25, 0.3) is 11.5 Å². The van der Waals surface area contributed by atoms with Gasteiger partial charge in [-0.3, -0.25) is 0 Å². The lowest BCUT2D eigenvalue weighted by molar-refractivity contribution is 0.372. The van der Waals surface area contributed by atoms with Crippen LogP contribution in [-0.2, 0) is 6.42 Å². The van der Waals surface area contributed by atoms with Gasteiger partial charge < -0.3 is 9.73 Å². The fourth-order valence-corrected chi connectivity index (χ4v) is 2.62. The van der Waals surface area contributed by atoms with Crippen LogP contribution in [0.5, 0.6) is 0 Å². The van der Waals surface area contributed by atoms with Gasteiger partial charge in [0.2, 0.25) is 5.89 Å². The average Bonchev–Trinajstić information content (AvgIpc) is 2.94. The molecule has 3 rings (SSSR count). The Morgan fingerprint density at radius 1 is 1.28 bits per heavy atom. The van der Waals surface area contributed by atoms with Gasteiger partial charge in [-0.1, -0.05) is 12.1 Å². The van der Waals surface area contributed by atoms with Crippen molar-refractivity contribution in [3.63, 3.8) is 0 Å². The van der Waals surface area contributed by atoms with Gasteiger partial charge in [0.1, 0.15) is 6.26 Å². The molecule has 1 aromatic heterocycles. The van der Waals surface area contributed by atoms with E-state index in [1.54, 1.807) is 12.5 Å². The number of oxazole rings is 1. The summed E-state index contributed by atoms with van der Waals surface area (Å²) < 4.78 is 5.34. The number of nitrogens with zero attached hydrogens (tertiary/aromatic N) is 1. The molecule has 1 aliphatic rings. The van der Waals surface area contributed by atoms with Crippen LogP contribution < -0.4 is 5.32 Å². The highest BCUT2D eigenvalue weighted by molar-refractivity contribution is 5.54. The fraction of sp³-hybridized carbons (Fsp3) is 0.400. The van der Waals surface area contributed by atoms with Crippen molar-refractivity contribution in [2.45, 2.75) is 19.3 Å². The van der Waals surface area contributed by atoms with Gasteiger partial charge in [-0.25, -0.2) is 4.98 Å². The molecule has 18 heavy (non-hydrogen) atoms. The van der Waals surface area contributed by atoms with E-state index in [-0.39, 0.29) is 0 Å². The maximum atomic E-state index is 5.34. The van der Waals surface area contributed by atoms with Gasteiger partial charge in [-0.2, -0.15) is 0 Å². The highest BCUT2D eigenvalue weighted by Crippen LogP contribution is 2.22.